The zero-order chi connectivity index (χ0) is 14.9. The van der Waals surface area contributed by atoms with Gasteiger partial charge in [-0.25, -0.2) is 13.8 Å². The van der Waals surface area contributed by atoms with E-state index < -0.39 is 23.1 Å². The Morgan fingerprint density at radius 2 is 1.90 bits per heavy atom. The largest absolute Gasteiger partial charge is 0.396 e. The van der Waals surface area contributed by atoms with Crippen molar-refractivity contribution in [1.29, 1.82) is 0 Å². The Morgan fingerprint density at radius 3 is 2.55 bits per heavy atom. The van der Waals surface area contributed by atoms with E-state index in [4.69, 9.17) is 5.73 Å². The second-order valence-electron chi connectivity index (χ2n) is 4.09. The van der Waals surface area contributed by atoms with Crippen LogP contribution in [-0.2, 0) is 0 Å². The highest BCUT2D eigenvalue weighted by Crippen LogP contribution is 2.19. The molecule has 0 saturated heterocycles. The summed E-state index contributed by atoms with van der Waals surface area (Å²) in [5, 5.41) is 9.54. The van der Waals surface area contributed by atoms with Gasteiger partial charge in [0.2, 0.25) is 5.95 Å². The second-order valence-corrected chi connectivity index (χ2v) is 4.09. The van der Waals surface area contributed by atoms with Crippen molar-refractivity contribution in [2.45, 2.75) is 13.8 Å². The van der Waals surface area contributed by atoms with Crippen LogP contribution in [0.2, 0.25) is 0 Å². The van der Waals surface area contributed by atoms with Crippen molar-refractivity contribution in [1.82, 2.24) is 15.2 Å². The highest BCUT2D eigenvalue weighted by Gasteiger charge is 2.20. The summed E-state index contributed by atoms with van der Waals surface area (Å²) in [4.78, 5) is 15.8. The molecule has 8 heteroatoms. The second kappa shape index (κ2) is 5.16. The molecule has 0 atom stereocenters. The van der Waals surface area contributed by atoms with Crippen LogP contribution in [0.5, 0.6) is 0 Å². The van der Waals surface area contributed by atoms with Gasteiger partial charge in [-0.15, -0.1) is 5.10 Å². The molecule has 0 bridgehead atoms. The van der Waals surface area contributed by atoms with Crippen LogP contribution in [0.3, 0.4) is 0 Å². The van der Waals surface area contributed by atoms with Crippen LogP contribution < -0.4 is 11.1 Å². The van der Waals surface area contributed by atoms with Gasteiger partial charge in [0.1, 0.15) is 11.4 Å². The molecular weight excluding hydrogens is 268 g/mol. The number of nitrogen functional groups attached to an aromatic ring is 1. The molecule has 3 N–H and O–H groups in total. The van der Waals surface area contributed by atoms with Gasteiger partial charge in [-0.3, -0.25) is 10.1 Å². The maximum absolute atomic E-state index is 13.7. The third-order valence-electron chi connectivity index (χ3n) is 2.67. The molecule has 104 valence electrons. The lowest BCUT2D eigenvalue weighted by Gasteiger charge is -2.07. The summed E-state index contributed by atoms with van der Waals surface area (Å²) in [7, 11) is 0. The van der Waals surface area contributed by atoms with Gasteiger partial charge >= 0.3 is 0 Å². The Labute approximate surface area is 113 Å². The average molecular weight is 279 g/mol. The first-order valence-corrected chi connectivity index (χ1v) is 5.63. The number of nitrogens with one attached hydrogen (secondary N) is 1. The summed E-state index contributed by atoms with van der Waals surface area (Å²) in [6, 6.07) is 1.95. The summed E-state index contributed by atoms with van der Waals surface area (Å²) >= 11 is 0. The van der Waals surface area contributed by atoms with Crippen molar-refractivity contribution < 1.29 is 13.6 Å². The molecule has 20 heavy (non-hydrogen) atoms. The Morgan fingerprint density at radius 1 is 1.20 bits per heavy atom. The lowest BCUT2D eigenvalue weighted by atomic mass is 10.1. The third kappa shape index (κ3) is 2.53. The van der Waals surface area contributed by atoms with Crippen molar-refractivity contribution in [3.05, 3.63) is 40.7 Å². The summed E-state index contributed by atoms with van der Waals surface area (Å²) in [5.74, 6) is -3.32. The van der Waals surface area contributed by atoms with Gasteiger partial charge in [0.25, 0.3) is 5.91 Å². The topological polar surface area (TPSA) is 93.8 Å². The van der Waals surface area contributed by atoms with Crippen LogP contribution in [0, 0.1) is 25.5 Å². The molecular formula is C12H11F2N5O. The van der Waals surface area contributed by atoms with E-state index in [2.05, 4.69) is 20.5 Å². The monoisotopic (exact) mass is 279 g/mol. The lowest BCUT2D eigenvalue weighted by molar-refractivity contribution is 0.101. The van der Waals surface area contributed by atoms with Crippen LogP contribution in [0.25, 0.3) is 0 Å². The zero-order valence-electron chi connectivity index (χ0n) is 10.7. The predicted molar refractivity (Wildman–Crippen MR) is 68.0 cm³/mol. The number of hydrogen-bond acceptors (Lipinski definition) is 5. The van der Waals surface area contributed by atoms with Crippen molar-refractivity contribution in [3.63, 3.8) is 0 Å². The molecule has 0 aliphatic heterocycles. The van der Waals surface area contributed by atoms with Gasteiger partial charge in [-0.2, -0.15) is 5.10 Å². The summed E-state index contributed by atoms with van der Waals surface area (Å²) in [6.45, 7) is 3.36. The van der Waals surface area contributed by atoms with Crippen LogP contribution >= 0.6 is 0 Å². The lowest BCUT2D eigenvalue weighted by Crippen LogP contribution is -2.19. The van der Waals surface area contributed by atoms with Crippen molar-refractivity contribution in [3.8, 4) is 0 Å². The number of nitrogens with zero attached hydrogens (tertiary/aromatic N) is 3. The molecule has 0 unspecified atom stereocenters. The first-order valence-electron chi connectivity index (χ1n) is 5.63. The number of hydrogen-bond donors (Lipinski definition) is 2. The van der Waals surface area contributed by atoms with Crippen LogP contribution in [-0.4, -0.2) is 21.1 Å². The smallest absolute Gasteiger partial charge is 0.264 e. The fraction of sp³-hybridized carbons (Fsp3) is 0.167. The van der Waals surface area contributed by atoms with E-state index in [0.29, 0.717) is 11.4 Å². The Bertz CT molecular complexity index is 690. The van der Waals surface area contributed by atoms with E-state index in [1.165, 1.54) is 0 Å². The van der Waals surface area contributed by atoms with Crippen LogP contribution in [0.4, 0.5) is 20.4 Å². The molecule has 2 aromatic rings. The molecule has 0 saturated carbocycles. The van der Waals surface area contributed by atoms with E-state index in [0.717, 1.165) is 12.1 Å². The molecule has 0 aliphatic rings. The predicted octanol–water partition coefficient (Wildman–Crippen LogP) is 1.60. The van der Waals surface area contributed by atoms with Crippen molar-refractivity contribution in [2.75, 3.05) is 11.1 Å². The zero-order valence-corrected chi connectivity index (χ0v) is 10.7. The van der Waals surface area contributed by atoms with Crippen LogP contribution in [0.15, 0.2) is 12.1 Å². The highest BCUT2D eigenvalue weighted by molar-refractivity contribution is 6.04. The molecule has 1 aromatic heterocycles. The maximum Gasteiger partial charge on any atom is 0.264 e. The van der Waals surface area contributed by atoms with E-state index in [1.807, 2.05) is 0 Å². The van der Waals surface area contributed by atoms with Gasteiger partial charge in [0, 0.05) is 0 Å². The number of nitrogens with two attached hydrogens (primary N) is 1. The van der Waals surface area contributed by atoms with Gasteiger partial charge in [0.05, 0.1) is 17.1 Å². The minimum Gasteiger partial charge on any atom is -0.396 e. The normalized spacial score (nSPS) is 10.4. The fourth-order valence-corrected chi connectivity index (χ4v) is 1.45. The van der Waals surface area contributed by atoms with Gasteiger partial charge in [-0.1, -0.05) is 0 Å². The molecule has 1 amide bonds. The van der Waals surface area contributed by atoms with Gasteiger partial charge in [0.15, 0.2) is 5.82 Å². The molecule has 2 rings (SSSR count). The number of amides is 1. The first kappa shape index (κ1) is 13.8. The molecule has 0 aliphatic carbocycles. The molecule has 0 radical (unpaired) electrons. The number of anilines is 2. The molecule has 1 aromatic carbocycles. The molecule has 0 fully saturated rings. The SMILES string of the molecule is Cc1nnc(NC(=O)c2c(F)ccc(N)c2F)nc1C. The number of benzene rings is 1. The number of aromatic nitrogens is 3. The van der Waals surface area contributed by atoms with Gasteiger partial charge < -0.3 is 5.73 Å². The summed E-state index contributed by atoms with van der Waals surface area (Å²) in [5.41, 5.74) is 5.32. The van der Waals surface area contributed by atoms with Crippen LogP contribution in [0.1, 0.15) is 21.7 Å². The van der Waals surface area contributed by atoms with Crippen molar-refractivity contribution in [2.24, 2.45) is 0 Å². The summed E-state index contributed by atoms with van der Waals surface area (Å²) in [6.07, 6.45) is 0. The Balaban J connectivity index is 2.33. The highest BCUT2D eigenvalue weighted by atomic mass is 19.1. The van der Waals surface area contributed by atoms with E-state index >= 15 is 0 Å². The number of halogens is 2. The Kier molecular flexibility index (Phi) is 3.55. The van der Waals surface area contributed by atoms with Crippen molar-refractivity contribution >= 4 is 17.5 Å². The number of aryl methyl sites for hydroxylation is 2. The quantitative estimate of drug-likeness (QED) is 0.814. The number of rotatable bonds is 2. The van der Waals surface area contributed by atoms with E-state index in [9.17, 15) is 13.6 Å². The average Bonchev–Trinajstić information content (AvgIpc) is 2.39. The minimum absolute atomic E-state index is 0.140. The molecule has 1 heterocycles. The fourth-order valence-electron chi connectivity index (χ4n) is 1.45. The van der Waals surface area contributed by atoms with Gasteiger partial charge in [-0.05, 0) is 26.0 Å². The third-order valence-corrected chi connectivity index (χ3v) is 2.67. The standard InChI is InChI=1S/C12H11F2N5O/c1-5-6(2)18-19-12(16-5)17-11(20)9-7(13)3-4-8(15)10(9)14/h3-4H,15H2,1-2H3,(H,16,17,19,20). The Hall–Kier alpha value is -2.64. The minimum atomic E-state index is -1.13. The van der Waals surface area contributed by atoms with E-state index in [-0.39, 0.29) is 11.6 Å². The first-order chi connectivity index (χ1) is 9.40. The number of carbonyl (C=O) groups is 1. The molecule has 0 spiro atoms. The summed E-state index contributed by atoms with van der Waals surface area (Å²) < 4.78 is 27.2. The van der Waals surface area contributed by atoms with E-state index in [1.54, 1.807) is 13.8 Å². The maximum atomic E-state index is 13.7. The number of carbonyl (C=O) groups excluding carboxylic acids is 1. The molecule has 6 nitrogen and oxygen atoms in total.